The third-order valence-electron chi connectivity index (χ3n) is 12.0. The van der Waals surface area contributed by atoms with Crippen LogP contribution in [0.25, 0.3) is 0 Å². The maximum absolute atomic E-state index is 12.7. The number of amides is 1. The first-order valence-corrected chi connectivity index (χ1v) is 20.8. The molecular formula is C36H61NO30. The van der Waals surface area contributed by atoms with E-state index in [0.717, 1.165) is 6.92 Å². The van der Waals surface area contributed by atoms with Gasteiger partial charge in [0.1, 0.15) is 122 Å². The molecule has 31 nitrogen and oxygen atoms in total. The number of aliphatic carboxylic acids is 1. The van der Waals surface area contributed by atoms with Crippen LogP contribution in [0.5, 0.6) is 0 Å². The standard InChI is InChI=1S/C36H61NO30/c1-8(42)37-15-9(43)2-36(35(57)58,67-28(15)16(46)10(44)3-38)59-7-14-17(47)19(49)23(53)32(62-14)65-29-18(48)12(5-40)60-34(25(29)55)64-27-13(6-41)61-33(24(54)21(27)51)66-30-20(50)22(52)31(56)63-26(30)11(45)4-39/h9-34,38-41,43-56H,2-7H2,1H3,(H,37,42)(H,57,58)/t9-,10+,11-,12+,13+,14+,15+,16+,17-,18-,19-,20+,21+,22-,23+,24+,25+,26+,27+,28+,29-,30-,31?,32+,33-,34-,36?/m0/s1. The molecule has 5 fully saturated rings. The Morgan fingerprint density at radius 2 is 1.15 bits per heavy atom. The Balaban J connectivity index is 1.31. The molecule has 0 spiro atoms. The molecule has 0 bridgehead atoms. The van der Waals surface area contributed by atoms with Gasteiger partial charge in [-0.15, -0.1) is 0 Å². The topological polar surface area (TPSA) is 514 Å². The molecule has 0 radical (unpaired) electrons. The predicted molar refractivity (Wildman–Crippen MR) is 201 cm³/mol. The van der Waals surface area contributed by atoms with Crippen LogP contribution in [0, 0.1) is 0 Å². The van der Waals surface area contributed by atoms with Gasteiger partial charge < -0.3 is 145 Å². The number of carbonyl (C=O) groups is 2. The van der Waals surface area contributed by atoms with Gasteiger partial charge in [0.15, 0.2) is 25.2 Å². The highest BCUT2D eigenvalue weighted by Crippen LogP contribution is 2.37. The van der Waals surface area contributed by atoms with Crippen molar-refractivity contribution in [1.29, 1.82) is 0 Å². The average molecular weight is 988 g/mol. The molecule has 20 N–H and O–H groups in total. The third-order valence-corrected chi connectivity index (χ3v) is 12.0. The summed E-state index contributed by atoms with van der Waals surface area (Å²) in [4.78, 5) is 24.5. The molecule has 0 aromatic rings. The van der Waals surface area contributed by atoms with E-state index in [0.29, 0.717) is 0 Å². The predicted octanol–water partition coefficient (Wildman–Crippen LogP) is -13.2. The van der Waals surface area contributed by atoms with E-state index in [2.05, 4.69) is 5.32 Å². The van der Waals surface area contributed by atoms with Crippen LogP contribution in [-0.4, -0.2) is 307 Å². The first-order valence-electron chi connectivity index (χ1n) is 20.8. The fourth-order valence-electron chi connectivity index (χ4n) is 8.23. The Bertz CT molecular complexity index is 1590. The highest BCUT2D eigenvalue weighted by Gasteiger charge is 2.59. The van der Waals surface area contributed by atoms with Gasteiger partial charge in [0, 0.05) is 13.3 Å². The summed E-state index contributed by atoms with van der Waals surface area (Å²) in [6.07, 6.45) is -51.6. The molecule has 0 aliphatic carbocycles. The van der Waals surface area contributed by atoms with Crippen molar-refractivity contribution in [3.63, 3.8) is 0 Å². The summed E-state index contributed by atoms with van der Waals surface area (Å²) >= 11 is 0. The molecular weight excluding hydrogens is 926 g/mol. The van der Waals surface area contributed by atoms with Gasteiger partial charge in [-0.2, -0.15) is 0 Å². The van der Waals surface area contributed by atoms with Crippen molar-refractivity contribution >= 4 is 11.9 Å². The molecule has 5 aliphatic heterocycles. The Morgan fingerprint density at radius 3 is 1.72 bits per heavy atom. The second kappa shape index (κ2) is 23.4. The number of hydrogen-bond donors (Lipinski definition) is 20. The number of ether oxygens (including phenoxy) is 9. The van der Waals surface area contributed by atoms with Gasteiger partial charge in [-0.25, -0.2) is 4.79 Å². The summed E-state index contributed by atoms with van der Waals surface area (Å²) in [6, 6.07) is -1.57. The zero-order valence-corrected chi connectivity index (χ0v) is 35.2. The quantitative estimate of drug-likeness (QED) is 0.0606. The lowest BCUT2D eigenvalue weighted by atomic mass is 9.88. The van der Waals surface area contributed by atoms with Gasteiger partial charge in [-0.3, -0.25) is 4.79 Å². The number of aliphatic hydroxyl groups excluding tert-OH is 18. The summed E-state index contributed by atoms with van der Waals surface area (Å²) in [6.45, 7) is -4.29. The maximum Gasteiger partial charge on any atom is 0.364 e. The van der Waals surface area contributed by atoms with E-state index in [1.54, 1.807) is 0 Å². The first kappa shape index (κ1) is 55.8. The normalized spacial score (nSPS) is 47.7. The summed E-state index contributed by atoms with van der Waals surface area (Å²) in [5, 5.41) is 201. The zero-order chi connectivity index (χ0) is 50.0. The molecule has 67 heavy (non-hydrogen) atoms. The number of carboxylic acids is 1. The van der Waals surface area contributed by atoms with Crippen molar-refractivity contribution in [1.82, 2.24) is 5.32 Å². The molecule has 0 aromatic heterocycles. The lowest BCUT2D eigenvalue weighted by molar-refractivity contribution is -0.391. The molecule has 0 aromatic carbocycles. The van der Waals surface area contributed by atoms with Crippen molar-refractivity contribution < 1.29 is 149 Å². The van der Waals surface area contributed by atoms with Gasteiger partial charge in [-0.05, 0) is 0 Å². The minimum Gasteiger partial charge on any atom is -0.477 e. The first-order chi connectivity index (χ1) is 31.5. The van der Waals surface area contributed by atoms with Gasteiger partial charge >= 0.3 is 5.97 Å². The molecule has 2 unspecified atom stereocenters. The molecule has 5 rings (SSSR count). The lowest BCUT2D eigenvalue weighted by Crippen LogP contribution is -2.69. The van der Waals surface area contributed by atoms with Crippen molar-refractivity contribution in [2.75, 3.05) is 33.0 Å². The Kier molecular flexibility index (Phi) is 19.5. The maximum atomic E-state index is 12.7. The van der Waals surface area contributed by atoms with Crippen LogP contribution in [-0.2, 0) is 52.2 Å². The van der Waals surface area contributed by atoms with Crippen molar-refractivity contribution in [2.45, 2.75) is 179 Å². The van der Waals surface area contributed by atoms with E-state index in [4.69, 9.17) is 42.6 Å². The fraction of sp³-hybridized carbons (Fsp3) is 0.944. The number of carbonyl (C=O) groups excluding carboxylic acids is 1. The molecule has 5 heterocycles. The molecule has 31 heteroatoms. The van der Waals surface area contributed by atoms with Crippen molar-refractivity contribution in [3.8, 4) is 0 Å². The van der Waals surface area contributed by atoms with Gasteiger partial charge in [0.25, 0.3) is 5.79 Å². The van der Waals surface area contributed by atoms with E-state index in [9.17, 15) is 107 Å². The summed E-state index contributed by atoms with van der Waals surface area (Å²) in [7, 11) is 0. The van der Waals surface area contributed by atoms with E-state index in [1.807, 2.05) is 0 Å². The van der Waals surface area contributed by atoms with E-state index >= 15 is 0 Å². The third kappa shape index (κ3) is 11.8. The monoisotopic (exact) mass is 987 g/mol. The molecule has 27 atom stereocenters. The summed E-state index contributed by atoms with van der Waals surface area (Å²) in [5.74, 6) is -5.71. The smallest absolute Gasteiger partial charge is 0.364 e. The average Bonchev–Trinajstić information content (AvgIpc) is 3.29. The van der Waals surface area contributed by atoms with Crippen LogP contribution in [0.15, 0.2) is 0 Å². The number of hydrogen-bond acceptors (Lipinski definition) is 29. The number of nitrogens with one attached hydrogen (secondary N) is 1. The SMILES string of the molecule is CC(=O)N[C@H]1[C@H]([C@H](O)[C@H](O)CO)OC(OC[C@H]2O[C@H](O[C@H]3[C@@H](O)[C@@H](CO)O[C@@H](O[C@H]4[C@H](O)[C@@H](O)[C@H](O[C@H]5[C@H](O)[C@H](O)C(O)O[C@@H]5[C@@H](O)CO)O[C@@H]4CO)[C@@H]3O)[C@H](O)[C@@H](O)[C@H]2O)(C(=O)O)C[C@@H]1O. The van der Waals surface area contributed by atoms with E-state index in [-0.39, 0.29) is 0 Å². The molecule has 1 amide bonds. The Morgan fingerprint density at radius 1 is 0.612 bits per heavy atom. The van der Waals surface area contributed by atoms with Crippen molar-refractivity contribution in [3.05, 3.63) is 0 Å². The number of aliphatic hydroxyl groups is 18. The number of rotatable bonds is 18. The fourth-order valence-corrected chi connectivity index (χ4v) is 8.23. The van der Waals surface area contributed by atoms with Crippen LogP contribution < -0.4 is 5.32 Å². The highest BCUT2D eigenvalue weighted by molar-refractivity contribution is 5.76. The molecule has 5 aliphatic rings. The Hall–Kier alpha value is -2.14. The van der Waals surface area contributed by atoms with Crippen LogP contribution in [0.2, 0.25) is 0 Å². The second-order valence-corrected chi connectivity index (χ2v) is 16.6. The molecule has 5 saturated heterocycles. The summed E-state index contributed by atoms with van der Waals surface area (Å²) < 4.78 is 49.5. The van der Waals surface area contributed by atoms with Crippen LogP contribution in [0.1, 0.15) is 13.3 Å². The number of carboxylic acid groups (broad SMARTS) is 1. The largest absolute Gasteiger partial charge is 0.477 e. The van der Waals surface area contributed by atoms with Crippen LogP contribution in [0.4, 0.5) is 0 Å². The Labute approximate surface area is 377 Å². The van der Waals surface area contributed by atoms with Gasteiger partial charge in [0.05, 0.1) is 45.2 Å². The van der Waals surface area contributed by atoms with Crippen LogP contribution >= 0.6 is 0 Å². The van der Waals surface area contributed by atoms with E-state index in [1.165, 1.54) is 0 Å². The lowest BCUT2D eigenvalue weighted by Gasteiger charge is -2.49. The van der Waals surface area contributed by atoms with Crippen LogP contribution in [0.3, 0.4) is 0 Å². The highest BCUT2D eigenvalue weighted by atomic mass is 16.8. The summed E-state index contributed by atoms with van der Waals surface area (Å²) in [5.41, 5.74) is 0. The van der Waals surface area contributed by atoms with Gasteiger partial charge in [0.2, 0.25) is 5.91 Å². The minimum absolute atomic E-state index is 0.782. The zero-order valence-electron chi connectivity index (χ0n) is 35.2. The van der Waals surface area contributed by atoms with Gasteiger partial charge in [-0.1, -0.05) is 0 Å². The second-order valence-electron chi connectivity index (χ2n) is 16.6. The van der Waals surface area contributed by atoms with Crippen molar-refractivity contribution in [2.24, 2.45) is 0 Å². The minimum atomic E-state index is -2.97. The molecule has 0 saturated carbocycles. The molecule has 390 valence electrons. The van der Waals surface area contributed by atoms with E-state index < -0.39 is 217 Å².